The number of hydrogen-bond donors (Lipinski definition) is 0. The van der Waals surface area contributed by atoms with Gasteiger partial charge in [0.2, 0.25) is 0 Å². The van der Waals surface area contributed by atoms with E-state index in [0.29, 0.717) is 0 Å². The summed E-state index contributed by atoms with van der Waals surface area (Å²) in [4.78, 5) is 4.03. The van der Waals surface area contributed by atoms with Gasteiger partial charge in [0.15, 0.2) is 5.01 Å². The van der Waals surface area contributed by atoms with Crippen LogP contribution in [-0.4, -0.2) is 4.98 Å². The zero-order valence-electron chi connectivity index (χ0n) is 7.92. The molecule has 1 aromatic rings. The Morgan fingerprint density at radius 1 is 1.50 bits per heavy atom. The molecule has 0 aliphatic heterocycles. The molecule has 1 rings (SSSR count). The van der Waals surface area contributed by atoms with E-state index in [0.717, 1.165) is 17.8 Å². The molecule has 0 saturated heterocycles. The van der Waals surface area contributed by atoms with Crippen LogP contribution in [0.3, 0.4) is 0 Å². The van der Waals surface area contributed by atoms with Crippen LogP contribution in [0.2, 0.25) is 0 Å². The lowest BCUT2D eigenvalue weighted by Crippen LogP contribution is -1.67. The zero-order chi connectivity index (χ0) is 9.23. The van der Waals surface area contributed by atoms with Crippen LogP contribution in [0.5, 0.6) is 0 Å². The topological polar surface area (TPSA) is 12.9 Å². The van der Waals surface area contributed by atoms with Gasteiger partial charge in [0.1, 0.15) is 0 Å². The molecule has 12 heavy (non-hydrogen) atoms. The highest BCUT2D eigenvalue weighted by molar-refractivity contribution is 7.10. The molecule has 0 saturated carbocycles. The summed E-state index contributed by atoms with van der Waals surface area (Å²) >= 11 is 1.59. The zero-order valence-corrected chi connectivity index (χ0v) is 8.74. The molecule has 1 heterocycles. The third-order valence-corrected chi connectivity index (χ3v) is 1.69. The number of rotatable bonds is 1. The fourth-order valence-electron chi connectivity index (χ4n) is 0.548. The highest BCUT2D eigenvalue weighted by Gasteiger charge is 1.83. The van der Waals surface area contributed by atoms with Crippen LogP contribution < -0.4 is 0 Å². The van der Waals surface area contributed by atoms with Crippen molar-refractivity contribution in [2.75, 3.05) is 0 Å². The molecule has 0 unspecified atom stereocenters. The summed E-state index contributed by atoms with van der Waals surface area (Å²) in [5, 5.41) is 2.86. The Labute approximate surface area is 78.9 Å². The van der Waals surface area contributed by atoms with Gasteiger partial charge in [-0.25, -0.2) is 4.98 Å². The molecule has 0 aliphatic rings. The van der Waals surface area contributed by atoms with E-state index in [9.17, 15) is 0 Å². The summed E-state index contributed by atoms with van der Waals surface area (Å²) < 4.78 is 0. The van der Waals surface area contributed by atoms with Gasteiger partial charge in [-0.2, -0.15) is 0 Å². The van der Waals surface area contributed by atoms with Crippen LogP contribution in [0.4, 0.5) is 0 Å². The second kappa shape index (κ2) is 8.29. The molecule has 0 amide bonds. The van der Waals surface area contributed by atoms with Crippen LogP contribution >= 0.6 is 11.3 Å². The summed E-state index contributed by atoms with van der Waals surface area (Å²) in [6, 6.07) is 0. The van der Waals surface area contributed by atoms with E-state index in [4.69, 9.17) is 0 Å². The van der Waals surface area contributed by atoms with Gasteiger partial charge in [-0.05, 0) is 12.3 Å². The van der Waals surface area contributed by atoms with Crippen molar-refractivity contribution in [3.8, 4) is 11.8 Å². The summed E-state index contributed by atoms with van der Waals surface area (Å²) in [6.45, 7) is 6.12. The third-order valence-electron chi connectivity index (χ3n) is 1.00. The Bertz CT molecular complexity index is 228. The second-order valence-electron chi connectivity index (χ2n) is 1.89. The first-order chi connectivity index (χ1) is 5.93. The Morgan fingerprint density at radius 3 is 2.75 bits per heavy atom. The molecule has 0 spiro atoms. The molecule has 0 N–H and O–H groups in total. The largest absolute Gasteiger partial charge is 0.236 e. The van der Waals surface area contributed by atoms with Gasteiger partial charge in [0.05, 0.1) is 0 Å². The smallest absolute Gasteiger partial charge is 0.166 e. The number of aromatic nitrogens is 1. The molecule has 0 fully saturated rings. The molecule has 0 aromatic carbocycles. The van der Waals surface area contributed by atoms with E-state index in [1.807, 2.05) is 19.2 Å². The Morgan fingerprint density at radius 2 is 2.25 bits per heavy atom. The summed E-state index contributed by atoms with van der Waals surface area (Å²) in [7, 11) is 0. The predicted molar refractivity (Wildman–Crippen MR) is 55.2 cm³/mol. The maximum Gasteiger partial charge on any atom is 0.166 e. The lowest BCUT2D eigenvalue weighted by atomic mass is 10.3. The van der Waals surface area contributed by atoms with Crippen LogP contribution in [0.1, 0.15) is 38.6 Å². The van der Waals surface area contributed by atoms with Crippen LogP contribution in [0.25, 0.3) is 0 Å². The normalized spacial score (nSPS) is 7.58. The Balaban J connectivity index is 0.000000561. The summed E-state index contributed by atoms with van der Waals surface area (Å²) in [5.74, 6) is 6.02. The average Bonchev–Trinajstić information content (AvgIpc) is 2.61. The first-order valence-corrected chi connectivity index (χ1v) is 5.20. The molecule has 66 valence electrons. The van der Waals surface area contributed by atoms with E-state index in [1.165, 1.54) is 0 Å². The van der Waals surface area contributed by atoms with Gasteiger partial charge in [0, 0.05) is 18.0 Å². The van der Waals surface area contributed by atoms with E-state index in [2.05, 4.69) is 23.7 Å². The molecular formula is C10H15NS. The van der Waals surface area contributed by atoms with Crippen molar-refractivity contribution in [3.63, 3.8) is 0 Å². The van der Waals surface area contributed by atoms with Gasteiger partial charge in [0.25, 0.3) is 0 Å². The number of thiazole rings is 1. The lowest BCUT2D eigenvalue weighted by Gasteiger charge is -1.76. The van der Waals surface area contributed by atoms with Crippen molar-refractivity contribution in [1.29, 1.82) is 0 Å². The van der Waals surface area contributed by atoms with E-state index in [-0.39, 0.29) is 0 Å². The molecule has 1 nitrogen and oxygen atoms in total. The summed E-state index contributed by atoms with van der Waals surface area (Å²) in [5.41, 5.74) is 0. The van der Waals surface area contributed by atoms with Gasteiger partial charge >= 0.3 is 0 Å². The minimum absolute atomic E-state index is 0.924. The average molecular weight is 181 g/mol. The van der Waals surface area contributed by atoms with Crippen molar-refractivity contribution in [2.45, 2.75) is 33.6 Å². The molecule has 1 aromatic heterocycles. The molecule has 0 atom stereocenters. The van der Waals surface area contributed by atoms with Crippen molar-refractivity contribution in [2.24, 2.45) is 0 Å². The predicted octanol–water partition coefficient (Wildman–Crippen LogP) is 3.32. The van der Waals surface area contributed by atoms with Crippen LogP contribution in [0.15, 0.2) is 11.6 Å². The first-order valence-electron chi connectivity index (χ1n) is 4.32. The Kier molecular flexibility index (Phi) is 7.73. The van der Waals surface area contributed by atoms with E-state index < -0.39 is 0 Å². The molecular weight excluding hydrogens is 166 g/mol. The maximum atomic E-state index is 4.03. The maximum absolute atomic E-state index is 4.03. The minimum atomic E-state index is 0.924. The van der Waals surface area contributed by atoms with Gasteiger partial charge < -0.3 is 0 Å². The first kappa shape index (κ1) is 11.2. The molecule has 0 bridgehead atoms. The van der Waals surface area contributed by atoms with E-state index >= 15 is 0 Å². The summed E-state index contributed by atoms with van der Waals surface area (Å²) in [6.07, 6.45) is 3.87. The van der Waals surface area contributed by atoms with E-state index in [1.54, 1.807) is 17.5 Å². The minimum Gasteiger partial charge on any atom is -0.236 e. The lowest BCUT2D eigenvalue weighted by molar-refractivity contribution is 0.983. The van der Waals surface area contributed by atoms with Crippen LogP contribution in [-0.2, 0) is 0 Å². The van der Waals surface area contributed by atoms with Gasteiger partial charge in [-0.15, -0.1) is 11.3 Å². The quantitative estimate of drug-likeness (QED) is 0.606. The molecule has 0 aliphatic carbocycles. The highest BCUT2D eigenvalue weighted by atomic mass is 32.1. The fraction of sp³-hybridized carbons (Fsp3) is 0.500. The number of nitrogens with zero attached hydrogens (tertiary/aromatic N) is 1. The van der Waals surface area contributed by atoms with Crippen LogP contribution in [0, 0.1) is 11.8 Å². The van der Waals surface area contributed by atoms with Crippen molar-refractivity contribution in [3.05, 3.63) is 16.6 Å². The number of unbranched alkanes of at least 4 members (excludes halogenated alkanes) is 1. The third kappa shape index (κ3) is 4.92. The van der Waals surface area contributed by atoms with Crippen molar-refractivity contribution in [1.82, 2.24) is 4.98 Å². The fourth-order valence-corrected chi connectivity index (χ4v) is 1.05. The second-order valence-corrected chi connectivity index (χ2v) is 2.78. The SMILES string of the molecule is CC.CCCC#Cc1nccs1. The van der Waals surface area contributed by atoms with Crippen molar-refractivity contribution < 1.29 is 0 Å². The van der Waals surface area contributed by atoms with Crippen molar-refractivity contribution >= 4 is 11.3 Å². The monoisotopic (exact) mass is 181 g/mol. The molecule has 0 radical (unpaired) electrons. The molecule has 2 heteroatoms. The Hall–Kier alpha value is -0.810. The number of hydrogen-bond acceptors (Lipinski definition) is 2. The standard InChI is InChI=1S/C8H9NS.C2H6/c1-2-3-4-5-8-9-6-7-10-8;1-2/h6-7H,2-3H2,1H3;1-2H3. The van der Waals surface area contributed by atoms with Gasteiger partial charge in [-0.3, -0.25) is 0 Å². The van der Waals surface area contributed by atoms with Gasteiger partial charge in [-0.1, -0.05) is 26.7 Å². The highest BCUT2D eigenvalue weighted by Crippen LogP contribution is 2.00.